The van der Waals surface area contributed by atoms with Gasteiger partial charge in [0.25, 0.3) is 0 Å². The van der Waals surface area contributed by atoms with Gasteiger partial charge in [-0.25, -0.2) is 9.97 Å². The van der Waals surface area contributed by atoms with Gasteiger partial charge in [-0.1, -0.05) is 26.0 Å². The Kier molecular flexibility index (Phi) is 6.23. The Morgan fingerprint density at radius 3 is 2.66 bits per heavy atom. The summed E-state index contributed by atoms with van der Waals surface area (Å²) in [7, 11) is 0. The molecule has 0 radical (unpaired) electrons. The van der Waals surface area contributed by atoms with Crippen molar-refractivity contribution >= 4 is 34.6 Å². The van der Waals surface area contributed by atoms with Crippen LogP contribution in [0.15, 0.2) is 53.2 Å². The number of fused-ring (bicyclic) bond motifs is 1. The topological polar surface area (TPSA) is 123 Å². The van der Waals surface area contributed by atoms with E-state index in [1.807, 2.05) is 38.1 Å². The van der Waals surface area contributed by atoms with E-state index in [1.165, 1.54) is 12.3 Å². The van der Waals surface area contributed by atoms with Crippen LogP contribution in [0.2, 0.25) is 0 Å². The van der Waals surface area contributed by atoms with Crippen molar-refractivity contribution in [3.05, 3.63) is 60.3 Å². The normalized spacial score (nSPS) is 12.4. The van der Waals surface area contributed by atoms with Crippen molar-refractivity contribution in [3.63, 3.8) is 0 Å². The van der Waals surface area contributed by atoms with E-state index in [-0.39, 0.29) is 18.4 Å². The van der Waals surface area contributed by atoms with Crippen LogP contribution < -0.4 is 16.4 Å². The molecule has 0 saturated heterocycles. The number of nitrogens with one attached hydrogen (secondary N) is 2. The monoisotopic (exact) mass is 393 g/mol. The molecule has 8 heteroatoms. The van der Waals surface area contributed by atoms with E-state index in [1.54, 1.807) is 18.2 Å². The number of rotatable bonds is 8. The number of anilines is 1. The molecular formula is C21H23N5O3. The third-order valence-corrected chi connectivity index (χ3v) is 4.28. The van der Waals surface area contributed by atoms with Crippen molar-refractivity contribution in [2.45, 2.75) is 26.4 Å². The number of primary amides is 1. The summed E-state index contributed by atoms with van der Waals surface area (Å²) in [6.07, 6.45) is 4.48. The molecule has 150 valence electrons. The Balaban J connectivity index is 1.79. The van der Waals surface area contributed by atoms with E-state index in [4.69, 9.17) is 10.2 Å². The second-order valence-corrected chi connectivity index (χ2v) is 6.84. The van der Waals surface area contributed by atoms with Crippen LogP contribution in [0.25, 0.3) is 17.0 Å². The third-order valence-electron chi connectivity index (χ3n) is 4.28. The summed E-state index contributed by atoms with van der Waals surface area (Å²) in [5, 5.41) is 6.64. The first-order valence-corrected chi connectivity index (χ1v) is 9.25. The SMILES string of the molecule is CC(C)[C@H](Nc1nc(CNC(=O)C=Cc2ccco2)nc2ccccc12)C(N)=O. The molecule has 0 aliphatic rings. The largest absolute Gasteiger partial charge is 0.465 e. The second kappa shape index (κ2) is 9.01. The first-order chi connectivity index (χ1) is 13.9. The quantitative estimate of drug-likeness (QED) is 0.505. The van der Waals surface area contributed by atoms with E-state index in [0.717, 1.165) is 5.39 Å². The van der Waals surface area contributed by atoms with Crippen LogP contribution in [-0.4, -0.2) is 27.8 Å². The predicted molar refractivity (Wildman–Crippen MR) is 111 cm³/mol. The van der Waals surface area contributed by atoms with Gasteiger partial charge in [0.1, 0.15) is 17.6 Å². The van der Waals surface area contributed by atoms with Gasteiger partial charge in [0.05, 0.1) is 18.3 Å². The minimum Gasteiger partial charge on any atom is -0.465 e. The van der Waals surface area contributed by atoms with E-state index < -0.39 is 11.9 Å². The van der Waals surface area contributed by atoms with Crippen molar-refractivity contribution < 1.29 is 14.0 Å². The summed E-state index contributed by atoms with van der Waals surface area (Å²) in [5.41, 5.74) is 6.22. The van der Waals surface area contributed by atoms with Gasteiger partial charge in [0.15, 0.2) is 5.82 Å². The number of benzene rings is 1. The maximum atomic E-state index is 12.0. The van der Waals surface area contributed by atoms with E-state index in [2.05, 4.69) is 20.6 Å². The summed E-state index contributed by atoms with van der Waals surface area (Å²) in [4.78, 5) is 32.8. The van der Waals surface area contributed by atoms with Gasteiger partial charge in [0.2, 0.25) is 11.8 Å². The van der Waals surface area contributed by atoms with Gasteiger partial charge >= 0.3 is 0 Å². The molecule has 2 aromatic heterocycles. The molecule has 2 heterocycles. The molecule has 1 atom stereocenters. The molecule has 0 unspecified atom stereocenters. The predicted octanol–water partition coefficient (Wildman–Crippen LogP) is 2.47. The minimum absolute atomic E-state index is 0.0175. The maximum absolute atomic E-state index is 12.0. The van der Waals surface area contributed by atoms with Crippen LogP contribution in [-0.2, 0) is 16.1 Å². The standard InChI is InChI=1S/C21H23N5O3/c1-13(2)19(20(22)28)26-21-15-7-3-4-8-16(15)24-17(25-21)12-23-18(27)10-9-14-6-5-11-29-14/h3-11,13,19H,12H2,1-2H3,(H2,22,28)(H,23,27)(H,24,25,26)/t19-/m0/s1. The molecule has 2 amide bonds. The third kappa shape index (κ3) is 5.19. The Bertz CT molecular complexity index is 1030. The van der Waals surface area contributed by atoms with Crippen LogP contribution in [0, 0.1) is 5.92 Å². The molecule has 0 fully saturated rings. The molecule has 0 aliphatic heterocycles. The fourth-order valence-corrected chi connectivity index (χ4v) is 2.80. The highest BCUT2D eigenvalue weighted by Crippen LogP contribution is 2.22. The smallest absolute Gasteiger partial charge is 0.244 e. The van der Waals surface area contributed by atoms with Crippen LogP contribution in [0.1, 0.15) is 25.4 Å². The average Bonchev–Trinajstić information content (AvgIpc) is 3.21. The molecule has 1 aromatic carbocycles. The van der Waals surface area contributed by atoms with Crippen LogP contribution in [0.4, 0.5) is 5.82 Å². The molecule has 3 rings (SSSR count). The lowest BCUT2D eigenvalue weighted by Crippen LogP contribution is -2.40. The number of carbonyl (C=O) groups is 2. The highest BCUT2D eigenvalue weighted by Gasteiger charge is 2.21. The van der Waals surface area contributed by atoms with Gasteiger partial charge in [-0.15, -0.1) is 0 Å². The van der Waals surface area contributed by atoms with Gasteiger partial charge in [0, 0.05) is 11.5 Å². The summed E-state index contributed by atoms with van der Waals surface area (Å²) in [6.45, 7) is 3.93. The van der Waals surface area contributed by atoms with Gasteiger partial charge in [-0.05, 0) is 36.3 Å². The number of nitrogens with zero attached hydrogens (tertiary/aromatic N) is 2. The first kappa shape index (κ1) is 20.1. The van der Waals surface area contributed by atoms with Crippen molar-refractivity contribution in [2.75, 3.05) is 5.32 Å². The number of hydrogen-bond donors (Lipinski definition) is 3. The van der Waals surface area contributed by atoms with Gasteiger partial charge in [-0.3, -0.25) is 9.59 Å². The number of hydrogen-bond acceptors (Lipinski definition) is 6. The van der Waals surface area contributed by atoms with Crippen LogP contribution in [0.3, 0.4) is 0 Å². The van der Waals surface area contributed by atoms with Gasteiger partial charge < -0.3 is 20.8 Å². The summed E-state index contributed by atoms with van der Waals surface area (Å²) in [6, 6.07) is 10.4. The summed E-state index contributed by atoms with van der Waals surface area (Å²) < 4.78 is 5.15. The highest BCUT2D eigenvalue weighted by molar-refractivity contribution is 5.92. The zero-order valence-electron chi connectivity index (χ0n) is 16.3. The molecule has 0 spiro atoms. The summed E-state index contributed by atoms with van der Waals surface area (Å²) in [5.74, 6) is 0.725. The number of amides is 2. The Morgan fingerprint density at radius 1 is 1.17 bits per heavy atom. The molecule has 0 saturated carbocycles. The molecule has 4 N–H and O–H groups in total. The lowest BCUT2D eigenvalue weighted by atomic mass is 10.0. The molecule has 8 nitrogen and oxygen atoms in total. The molecular weight excluding hydrogens is 370 g/mol. The van der Waals surface area contributed by atoms with Crippen LogP contribution in [0.5, 0.6) is 0 Å². The Labute approximate surface area is 168 Å². The van der Waals surface area contributed by atoms with E-state index in [9.17, 15) is 9.59 Å². The molecule has 0 bridgehead atoms. The van der Waals surface area contributed by atoms with E-state index >= 15 is 0 Å². The van der Waals surface area contributed by atoms with Crippen molar-refractivity contribution in [2.24, 2.45) is 11.7 Å². The van der Waals surface area contributed by atoms with Crippen molar-refractivity contribution in [1.82, 2.24) is 15.3 Å². The number of nitrogens with two attached hydrogens (primary N) is 1. The highest BCUT2D eigenvalue weighted by atomic mass is 16.3. The average molecular weight is 393 g/mol. The fraction of sp³-hybridized carbons (Fsp3) is 0.238. The first-order valence-electron chi connectivity index (χ1n) is 9.25. The zero-order valence-corrected chi connectivity index (χ0v) is 16.3. The van der Waals surface area contributed by atoms with Crippen molar-refractivity contribution in [1.29, 1.82) is 0 Å². The number of furan rings is 1. The number of para-hydroxylation sites is 1. The number of aromatic nitrogens is 2. The van der Waals surface area contributed by atoms with Crippen LogP contribution >= 0.6 is 0 Å². The second-order valence-electron chi connectivity index (χ2n) is 6.84. The van der Waals surface area contributed by atoms with Crippen molar-refractivity contribution in [3.8, 4) is 0 Å². The Morgan fingerprint density at radius 2 is 1.97 bits per heavy atom. The van der Waals surface area contributed by atoms with E-state index in [0.29, 0.717) is 22.9 Å². The number of carbonyl (C=O) groups excluding carboxylic acids is 2. The maximum Gasteiger partial charge on any atom is 0.244 e. The minimum atomic E-state index is -0.577. The molecule has 0 aliphatic carbocycles. The zero-order chi connectivity index (χ0) is 20.8. The fourth-order valence-electron chi connectivity index (χ4n) is 2.80. The molecule has 3 aromatic rings. The molecule has 29 heavy (non-hydrogen) atoms. The lowest BCUT2D eigenvalue weighted by molar-refractivity contribution is -0.119. The summed E-state index contributed by atoms with van der Waals surface area (Å²) >= 11 is 0. The van der Waals surface area contributed by atoms with Gasteiger partial charge in [-0.2, -0.15) is 0 Å². The lowest BCUT2D eigenvalue weighted by Gasteiger charge is -2.21. The Hall–Kier alpha value is -3.68.